The van der Waals surface area contributed by atoms with Crippen molar-refractivity contribution in [3.8, 4) is 0 Å². The Hall–Kier alpha value is -1.89. The highest BCUT2D eigenvalue weighted by Crippen LogP contribution is 2.34. The lowest BCUT2D eigenvalue weighted by atomic mass is 10.1. The monoisotopic (exact) mass is 283 g/mol. The number of carbonyl (C=O) groups is 3. The lowest BCUT2D eigenvalue weighted by Crippen LogP contribution is -2.26. The van der Waals surface area contributed by atoms with Crippen molar-refractivity contribution >= 4 is 34.9 Å². The zero-order valence-corrected chi connectivity index (χ0v) is 11.3. The number of hydrogen-bond donors (Lipinski definition) is 1. The average molecular weight is 283 g/mol. The molecule has 2 heterocycles. The minimum atomic E-state index is -0.998. The number of thiophene rings is 1. The van der Waals surface area contributed by atoms with Gasteiger partial charge in [0.15, 0.2) is 0 Å². The van der Waals surface area contributed by atoms with Crippen LogP contribution in [0.15, 0.2) is 6.07 Å². The first-order valence-electron chi connectivity index (χ1n) is 5.66. The maximum atomic E-state index is 11.9. The molecule has 102 valence electrons. The summed E-state index contributed by atoms with van der Waals surface area (Å²) in [5, 5.41) is 8.96. The molecular formula is C12H13NO5S. The Morgan fingerprint density at radius 2 is 2.21 bits per heavy atom. The van der Waals surface area contributed by atoms with Crippen LogP contribution in [0, 0.1) is 12.8 Å². The molecule has 1 N–H and O–H groups in total. The number of rotatable bonds is 3. The van der Waals surface area contributed by atoms with E-state index < -0.39 is 17.9 Å². The lowest BCUT2D eigenvalue weighted by molar-refractivity contribution is -0.141. The molecule has 0 aliphatic carbocycles. The molecule has 7 heteroatoms. The van der Waals surface area contributed by atoms with Gasteiger partial charge in [-0.2, -0.15) is 0 Å². The lowest BCUT2D eigenvalue weighted by Gasteiger charge is -2.15. The number of aryl methyl sites for hydroxylation is 1. The normalized spacial score (nSPS) is 18.7. The van der Waals surface area contributed by atoms with Gasteiger partial charge in [0.1, 0.15) is 4.88 Å². The molecule has 0 aromatic carbocycles. The van der Waals surface area contributed by atoms with Gasteiger partial charge >= 0.3 is 11.9 Å². The topological polar surface area (TPSA) is 83.9 Å². The highest BCUT2D eigenvalue weighted by Gasteiger charge is 2.37. The summed E-state index contributed by atoms with van der Waals surface area (Å²) in [6.07, 6.45) is -0.0369. The van der Waals surface area contributed by atoms with Crippen molar-refractivity contribution in [2.75, 3.05) is 18.6 Å². The summed E-state index contributed by atoms with van der Waals surface area (Å²) in [6.45, 7) is 1.91. The van der Waals surface area contributed by atoms with Gasteiger partial charge in [0.05, 0.1) is 18.7 Å². The molecule has 0 bridgehead atoms. The van der Waals surface area contributed by atoms with E-state index in [1.54, 1.807) is 6.07 Å². The van der Waals surface area contributed by atoms with Gasteiger partial charge in [0.2, 0.25) is 5.91 Å². The van der Waals surface area contributed by atoms with Gasteiger partial charge in [-0.25, -0.2) is 4.79 Å². The van der Waals surface area contributed by atoms with Crippen molar-refractivity contribution in [3.05, 3.63) is 15.8 Å². The molecule has 6 nitrogen and oxygen atoms in total. The summed E-state index contributed by atoms with van der Waals surface area (Å²) in [4.78, 5) is 37.0. The van der Waals surface area contributed by atoms with Crippen LogP contribution in [-0.2, 0) is 14.3 Å². The smallest absolute Gasteiger partial charge is 0.350 e. The SMILES string of the molecule is COC(=O)c1sc(C)cc1N1CC(C(=O)O)CC1=O. The predicted octanol–water partition coefficient (Wildman–Crippen LogP) is 1.28. The Labute approximate surface area is 113 Å². The first-order chi connectivity index (χ1) is 8.93. The Balaban J connectivity index is 2.35. The van der Waals surface area contributed by atoms with Crippen molar-refractivity contribution in [2.24, 2.45) is 5.92 Å². The number of methoxy groups -OCH3 is 1. The van der Waals surface area contributed by atoms with Crippen molar-refractivity contribution in [1.82, 2.24) is 0 Å². The van der Waals surface area contributed by atoms with Gasteiger partial charge in [-0.1, -0.05) is 0 Å². The second-order valence-corrected chi connectivity index (χ2v) is 5.56. The number of carboxylic acids is 1. The van der Waals surface area contributed by atoms with Crippen LogP contribution < -0.4 is 4.90 Å². The van der Waals surface area contributed by atoms with Gasteiger partial charge < -0.3 is 14.7 Å². The number of ether oxygens (including phenoxy) is 1. The first kappa shape index (κ1) is 13.5. The van der Waals surface area contributed by atoms with Crippen LogP contribution >= 0.6 is 11.3 Å². The molecule has 19 heavy (non-hydrogen) atoms. The first-order valence-corrected chi connectivity index (χ1v) is 6.47. The largest absolute Gasteiger partial charge is 0.481 e. The van der Waals surface area contributed by atoms with E-state index in [2.05, 4.69) is 4.74 Å². The molecule has 0 saturated carbocycles. The van der Waals surface area contributed by atoms with E-state index in [0.717, 1.165) is 4.88 Å². The quantitative estimate of drug-likeness (QED) is 0.845. The van der Waals surface area contributed by atoms with Gasteiger partial charge in [-0.05, 0) is 13.0 Å². The zero-order valence-electron chi connectivity index (χ0n) is 10.5. The van der Waals surface area contributed by atoms with E-state index in [0.29, 0.717) is 10.6 Å². The van der Waals surface area contributed by atoms with E-state index in [1.165, 1.54) is 23.3 Å². The third-order valence-electron chi connectivity index (χ3n) is 2.97. The fraction of sp³-hybridized carbons (Fsp3) is 0.417. The van der Waals surface area contributed by atoms with Gasteiger partial charge in [-0.15, -0.1) is 11.3 Å². The number of anilines is 1. The molecule has 1 saturated heterocycles. The number of esters is 1. The average Bonchev–Trinajstić information content (AvgIpc) is 2.91. The van der Waals surface area contributed by atoms with Crippen LogP contribution in [0.1, 0.15) is 21.0 Å². The highest BCUT2D eigenvalue weighted by atomic mass is 32.1. The summed E-state index contributed by atoms with van der Waals surface area (Å²) < 4.78 is 4.68. The maximum Gasteiger partial charge on any atom is 0.350 e. The van der Waals surface area contributed by atoms with E-state index in [-0.39, 0.29) is 18.9 Å². The number of aliphatic carboxylic acids is 1. The Kier molecular flexibility index (Phi) is 3.57. The van der Waals surface area contributed by atoms with Gasteiger partial charge in [0, 0.05) is 17.8 Å². The second kappa shape index (κ2) is 5.00. The summed E-state index contributed by atoms with van der Waals surface area (Å²) in [7, 11) is 1.27. The van der Waals surface area contributed by atoms with Gasteiger partial charge in [0.25, 0.3) is 0 Å². The molecule has 0 spiro atoms. The Morgan fingerprint density at radius 3 is 2.74 bits per heavy atom. The van der Waals surface area contributed by atoms with Gasteiger partial charge in [-0.3, -0.25) is 9.59 Å². The maximum absolute atomic E-state index is 11.9. The number of carbonyl (C=O) groups excluding carboxylic acids is 2. The van der Waals surface area contributed by atoms with E-state index in [4.69, 9.17) is 5.11 Å². The Morgan fingerprint density at radius 1 is 1.53 bits per heavy atom. The van der Waals surface area contributed by atoms with E-state index >= 15 is 0 Å². The minimum absolute atomic E-state index is 0.0369. The van der Waals surface area contributed by atoms with Crippen molar-refractivity contribution < 1.29 is 24.2 Å². The van der Waals surface area contributed by atoms with Crippen LogP contribution in [0.25, 0.3) is 0 Å². The summed E-state index contributed by atoms with van der Waals surface area (Å²) in [5.74, 6) is -2.52. The number of nitrogens with zero attached hydrogens (tertiary/aromatic N) is 1. The van der Waals surface area contributed by atoms with Crippen molar-refractivity contribution in [2.45, 2.75) is 13.3 Å². The fourth-order valence-corrected chi connectivity index (χ4v) is 2.98. The van der Waals surface area contributed by atoms with E-state index in [1.807, 2.05) is 6.92 Å². The highest BCUT2D eigenvalue weighted by molar-refractivity contribution is 7.14. The summed E-state index contributed by atoms with van der Waals surface area (Å²) in [5.41, 5.74) is 0.447. The Bertz CT molecular complexity index is 550. The van der Waals surface area contributed by atoms with Crippen LogP contribution in [0.4, 0.5) is 5.69 Å². The number of amides is 1. The molecule has 1 aliphatic rings. The molecule has 2 rings (SSSR count). The van der Waals surface area contributed by atoms with Crippen LogP contribution in [0.5, 0.6) is 0 Å². The number of carboxylic acid groups (broad SMARTS) is 1. The van der Waals surface area contributed by atoms with E-state index in [9.17, 15) is 14.4 Å². The molecule has 1 amide bonds. The molecule has 1 fully saturated rings. The minimum Gasteiger partial charge on any atom is -0.481 e. The molecule has 1 atom stereocenters. The fourth-order valence-electron chi connectivity index (χ4n) is 2.05. The third-order valence-corrected chi connectivity index (χ3v) is 3.99. The van der Waals surface area contributed by atoms with Crippen LogP contribution in [0.3, 0.4) is 0 Å². The molecular weight excluding hydrogens is 270 g/mol. The van der Waals surface area contributed by atoms with Crippen molar-refractivity contribution in [1.29, 1.82) is 0 Å². The van der Waals surface area contributed by atoms with Crippen LogP contribution in [-0.4, -0.2) is 36.6 Å². The summed E-state index contributed by atoms with van der Waals surface area (Å²) >= 11 is 1.23. The third kappa shape index (κ3) is 2.46. The summed E-state index contributed by atoms with van der Waals surface area (Å²) in [6, 6.07) is 1.71. The molecule has 1 aromatic rings. The van der Waals surface area contributed by atoms with Crippen LogP contribution in [0.2, 0.25) is 0 Å². The predicted molar refractivity (Wildman–Crippen MR) is 68.5 cm³/mol. The molecule has 0 radical (unpaired) electrons. The zero-order chi connectivity index (χ0) is 14.2. The standard InChI is InChI=1S/C12H13NO5S/c1-6-3-8(10(19-6)12(17)18-2)13-5-7(11(15)16)4-9(13)14/h3,7H,4-5H2,1-2H3,(H,15,16). The molecule has 1 unspecified atom stereocenters. The number of hydrogen-bond acceptors (Lipinski definition) is 5. The van der Waals surface area contributed by atoms with Crippen molar-refractivity contribution in [3.63, 3.8) is 0 Å². The second-order valence-electron chi connectivity index (χ2n) is 4.31. The molecule has 1 aromatic heterocycles. The molecule has 1 aliphatic heterocycles.